The summed E-state index contributed by atoms with van der Waals surface area (Å²) >= 11 is 0. The van der Waals surface area contributed by atoms with E-state index in [-0.39, 0.29) is 36.7 Å². The van der Waals surface area contributed by atoms with Gasteiger partial charge >= 0.3 is 12.3 Å². The van der Waals surface area contributed by atoms with E-state index in [0.717, 1.165) is 17.7 Å². The molecule has 13 heteroatoms. The first-order chi connectivity index (χ1) is 18.0. The van der Waals surface area contributed by atoms with E-state index in [1.54, 1.807) is 16.7 Å². The second-order valence-electron chi connectivity index (χ2n) is 8.91. The monoisotopic (exact) mass is 535 g/mol. The van der Waals surface area contributed by atoms with E-state index in [9.17, 15) is 18.0 Å². The maximum atomic E-state index is 15.4. The van der Waals surface area contributed by atoms with Crippen molar-refractivity contribution in [2.45, 2.75) is 25.6 Å². The smallest absolute Gasteiger partial charge is 0.432 e. The van der Waals surface area contributed by atoms with Gasteiger partial charge in [-0.2, -0.15) is 13.2 Å². The third-order valence-electron chi connectivity index (χ3n) is 6.31. The van der Waals surface area contributed by atoms with E-state index in [1.807, 2.05) is 18.0 Å². The molecule has 1 atom stereocenters. The van der Waals surface area contributed by atoms with Crippen LogP contribution in [0.2, 0.25) is 0 Å². The number of alkyl halides is 3. The van der Waals surface area contributed by atoms with Gasteiger partial charge in [-0.15, -0.1) is 0 Å². The number of hydrogen-bond acceptors (Lipinski definition) is 5. The standard InChI is InChI=1S/C25H22F5N5O3/c1-13-3-4-35-18(10-15-12-34(5-6-38-15)24(36)37-2)22(33-20(35)7-13)21-16(26)8-14(9-17(21)27)23-31-11-19(32-23)25(28,29)30/h3-4,7-9,11,15H,5-6,10,12H2,1-2H3,(H,31,32)/t15-/m0/s1. The molecule has 0 unspecified atom stereocenters. The molecule has 4 heterocycles. The number of nitrogens with zero attached hydrogens (tertiary/aromatic N) is 4. The van der Waals surface area contributed by atoms with E-state index in [2.05, 4.69) is 9.97 Å². The molecule has 0 saturated carbocycles. The SMILES string of the molecule is COC(=O)N1CCO[C@@H](Cc2c(-c3c(F)cc(-c4ncc(C(F)(F)F)[nH]4)cc3F)nc3cc(C)ccn23)C1. The molecular weight excluding hydrogens is 513 g/mol. The maximum Gasteiger partial charge on any atom is 0.432 e. The summed E-state index contributed by atoms with van der Waals surface area (Å²) in [5.74, 6) is -2.37. The summed E-state index contributed by atoms with van der Waals surface area (Å²) in [4.78, 5) is 23.6. The van der Waals surface area contributed by atoms with Gasteiger partial charge in [0.2, 0.25) is 0 Å². The fraction of sp³-hybridized carbons (Fsp3) is 0.320. The van der Waals surface area contributed by atoms with Crippen molar-refractivity contribution in [1.82, 2.24) is 24.3 Å². The van der Waals surface area contributed by atoms with Crippen LogP contribution >= 0.6 is 0 Å². The topological polar surface area (TPSA) is 84.7 Å². The number of ether oxygens (including phenoxy) is 2. The van der Waals surface area contributed by atoms with Crippen molar-refractivity contribution in [3.63, 3.8) is 0 Å². The number of amides is 1. The molecule has 1 fully saturated rings. The Bertz CT molecular complexity index is 1490. The number of aromatic amines is 1. The number of H-pyrrole nitrogens is 1. The largest absolute Gasteiger partial charge is 0.453 e. The summed E-state index contributed by atoms with van der Waals surface area (Å²) < 4.78 is 82.1. The first-order valence-electron chi connectivity index (χ1n) is 11.6. The number of imidazole rings is 2. The van der Waals surface area contributed by atoms with Crippen LogP contribution in [0.1, 0.15) is 17.0 Å². The lowest BCUT2D eigenvalue weighted by Crippen LogP contribution is -2.46. The van der Waals surface area contributed by atoms with E-state index in [0.29, 0.717) is 24.1 Å². The number of morpholine rings is 1. The number of benzene rings is 1. The summed E-state index contributed by atoms with van der Waals surface area (Å²) in [5, 5.41) is 0. The zero-order chi connectivity index (χ0) is 27.2. The molecule has 200 valence electrons. The summed E-state index contributed by atoms with van der Waals surface area (Å²) in [6, 6.07) is 5.38. The Balaban J connectivity index is 1.56. The van der Waals surface area contributed by atoms with E-state index < -0.39 is 41.3 Å². The minimum atomic E-state index is -4.68. The Morgan fingerprint density at radius 3 is 2.63 bits per heavy atom. The molecule has 1 aliphatic rings. The molecule has 1 aliphatic heterocycles. The van der Waals surface area contributed by atoms with Gasteiger partial charge in [0.15, 0.2) is 0 Å². The number of carbonyl (C=O) groups excluding carboxylic acids is 1. The molecule has 1 N–H and O–H groups in total. The number of rotatable bonds is 4. The van der Waals surface area contributed by atoms with Crippen LogP contribution in [0.5, 0.6) is 0 Å². The lowest BCUT2D eigenvalue weighted by Gasteiger charge is -2.32. The van der Waals surface area contributed by atoms with Crippen molar-refractivity contribution in [1.29, 1.82) is 0 Å². The molecule has 0 radical (unpaired) electrons. The summed E-state index contributed by atoms with van der Waals surface area (Å²) in [6.45, 7) is 2.65. The van der Waals surface area contributed by atoms with Gasteiger partial charge in [-0.05, 0) is 36.8 Å². The predicted octanol–water partition coefficient (Wildman–Crippen LogP) is 5.01. The lowest BCUT2D eigenvalue weighted by molar-refractivity contribution is -0.140. The molecule has 1 amide bonds. The zero-order valence-electron chi connectivity index (χ0n) is 20.3. The van der Waals surface area contributed by atoms with Gasteiger partial charge in [0.05, 0.1) is 49.5 Å². The summed E-state index contributed by atoms with van der Waals surface area (Å²) in [5.41, 5.74) is 0.0216. The second-order valence-corrected chi connectivity index (χ2v) is 8.91. The Kier molecular flexibility index (Phi) is 6.55. The normalized spacial score (nSPS) is 16.3. The van der Waals surface area contributed by atoms with Crippen molar-refractivity contribution in [2.24, 2.45) is 0 Å². The quantitative estimate of drug-likeness (QED) is 0.372. The number of aryl methyl sites for hydroxylation is 1. The molecule has 4 aromatic rings. The fourth-order valence-corrected chi connectivity index (χ4v) is 4.49. The van der Waals surface area contributed by atoms with Crippen LogP contribution in [-0.4, -0.2) is 63.3 Å². The van der Waals surface area contributed by atoms with Crippen LogP contribution in [0.3, 0.4) is 0 Å². The molecule has 0 aliphatic carbocycles. The highest BCUT2D eigenvalue weighted by atomic mass is 19.4. The summed E-state index contributed by atoms with van der Waals surface area (Å²) in [7, 11) is 1.28. The van der Waals surface area contributed by atoms with Crippen molar-refractivity contribution in [3.05, 3.63) is 65.2 Å². The van der Waals surface area contributed by atoms with Crippen LogP contribution in [0.25, 0.3) is 28.3 Å². The van der Waals surface area contributed by atoms with Gasteiger partial charge in [-0.25, -0.2) is 23.5 Å². The second kappa shape index (κ2) is 9.71. The van der Waals surface area contributed by atoms with Crippen molar-refractivity contribution < 1.29 is 36.2 Å². The number of hydrogen-bond donors (Lipinski definition) is 1. The minimum Gasteiger partial charge on any atom is -0.453 e. The van der Waals surface area contributed by atoms with Gasteiger partial charge < -0.3 is 23.8 Å². The average Bonchev–Trinajstić information content (AvgIpc) is 3.49. The minimum absolute atomic E-state index is 0.0198. The van der Waals surface area contributed by atoms with E-state index in [1.165, 1.54) is 12.0 Å². The van der Waals surface area contributed by atoms with E-state index >= 15 is 8.78 Å². The molecule has 8 nitrogen and oxygen atoms in total. The van der Waals surface area contributed by atoms with Crippen LogP contribution in [-0.2, 0) is 22.1 Å². The van der Waals surface area contributed by atoms with Crippen molar-refractivity contribution in [2.75, 3.05) is 26.8 Å². The Morgan fingerprint density at radius 2 is 1.97 bits per heavy atom. The highest BCUT2D eigenvalue weighted by molar-refractivity contribution is 5.72. The number of halogens is 5. The van der Waals surface area contributed by atoms with Crippen LogP contribution in [0.4, 0.5) is 26.7 Å². The number of methoxy groups -OCH3 is 1. The molecule has 3 aromatic heterocycles. The zero-order valence-corrected chi connectivity index (χ0v) is 20.3. The number of carbonyl (C=O) groups is 1. The molecule has 1 aromatic carbocycles. The lowest BCUT2D eigenvalue weighted by atomic mass is 10.0. The number of aromatic nitrogens is 4. The number of nitrogens with one attached hydrogen (secondary N) is 1. The Hall–Kier alpha value is -4.00. The maximum absolute atomic E-state index is 15.4. The first-order valence-corrected chi connectivity index (χ1v) is 11.6. The number of fused-ring (bicyclic) bond motifs is 1. The van der Waals surface area contributed by atoms with Gasteiger partial charge in [0.25, 0.3) is 0 Å². The highest BCUT2D eigenvalue weighted by Gasteiger charge is 2.33. The summed E-state index contributed by atoms with van der Waals surface area (Å²) in [6.07, 6.45) is -3.24. The first kappa shape index (κ1) is 25.6. The van der Waals surface area contributed by atoms with Crippen LogP contribution < -0.4 is 0 Å². The van der Waals surface area contributed by atoms with Crippen LogP contribution in [0, 0.1) is 18.6 Å². The molecule has 0 bridgehead atoms. The van der Waals surface area contributed by atoms with Gasteiger partial charge in [0.1, 0.15) is 28.8 Å². The predicted molar refractivity (Wildman–Crippen MR) is 125 cm³/mol. The average molecular weight is 535 g/mol. The molecule has 1 saturated heterocycles. The molecule has 38 heavy (non-hydrogen) atoms. The van der Waals surface area contributed by atoms with E-state index in [4.69, 9.17) is 9.47 Å². The fourth-order valence-electron chi connectivity index (χ4n) is 4.49. The van der Waals surface area contributed by atoms with Gasteiger partial charge in [-0.1, -0.05) is 0 Å². The Morgan fingerprint density at radius 1 is 1.24 bits per heavy atom. The Labute approximate surface area is 213 Å². The molecule has 5 rings (SSSR count). The van der Waals surface area contributed by atoms with Crippen molar-refractivity contribution >= 4 is 11.7 Å². The molecular formula is C25H22F5N5O3. The van der Waals surface area contributed by atoms with Gasteiger partial charge in [0, 0.05) is 24.7 Å². The van der Waals surface area contributed by atoms with Crippen molar-refractivity contribution in [3.8, 4) is 22.6 Å². The van der Waals surface area contributed by atoms with Gasteiger partial charge in [-0.3, -0.25) is 0 Å². The highest BCUT2D eigenvalue weighted by Crippen LogP contribution is 2.35. The third kappa shape index (κ3) is 4.80. The van der Waals surface area contributed by atoms with Crippen LogP contribution in [0.15, 0.2) is 36.7 Å². The molecule has 0 spiro atoms. The third-order valence-corrected chi connectivity index (χ3v) is 6.31. The number of pyridine rings is 1.